The second-order valence-electron chi connectivity index (χ2n) is 4.60. The van der Waals surface area contributed by atoms with Gasteiger partial charge in [0.05, 0.1) is 11.4 Å². The molecule has 0 spiro atoms. The van der Waals surface area contributed by atoms with E-state index >= 15 is 0 Å². The number of carbonyl (C=O) groups is 2. The average molecular weight is 302 g/mol. The zero-order valence-corrected chi connectivity index (χ0v) is 12.5. The van der Waals surface area contributed by atoms with Crippen LogP contribution in [0.4, 0.5) is 0 Å². The summed E-state index contributed by atoms with van der Waals surface area (Å²) in [6.07, 6.45) is 1.82. The van der Waals surface area contributed by atoms with Gasteiger partial charge in [-0.25, -0.2) is 0 Å². The Kier molecular flexibility index (Phi) is 5.97. The van der Waals surface area contributed by atoms with Gasteiger partial charge >= 0.3 is 0 Å². The van der Waals surface area contributed by atoms with E-state index in [1.165, 1.54) is 16.9 Å². The molecule has 2 rings (SSSR count). The van der Waals surface area contributed by atoms with Gasteiger partial charge in [-0.2, -0.15) is 0 Å². The van der Waals surface area contributed by atoms with Crippen molar-refractivity contribution in [2.75, 3.05) is 13.1 Å². The van der Waals surface area contributed by atoms with Gasteiger partial charge in [0.15, 0.2) is 0 Å². The Bertz CT molecular complexity index is 567. The van der Waals surface area contributed by atoms with Gasteiger partial charge in [-0.1, -0.05) is 36.4 Å². The fraction of sp³-hybridized carbons (Fsp3) is 0.250. The molecule has 0 atom stereocenters. The Morgan fingerprint density at radius 3 is 2.52 bits per heavy atom. The van der Waals surface area contributed by atoms with E-state index in [-0.39, 0.29) is 18.4 Å². The molecule has 1 aromatic carbocycles. The van der Waals surface area contributed by atoms with Crippen molar-refractivity contribution < 1.29 is 9.59 Å². The Balaban J connectivity index is 1.59. The fourth-order valence-corrected chi connectivity index (χ4v) is 2.52. The summed E-state index contributed by atoms with van der Waals surface area (Å²) in [5, 5.41) is 7.24. The molecule has 0 aliphatic heterocycles. The van der Waals surface area contributed by atoms with Crippen molar-refractivity contribution in [2.24, 2.45) is 0 Å². The predicted molar refractivity (Wildman–Crippen MR) is 84.4 cm³/mol. The number of amides is 2. The Morgan fingerprint density at radius 2 is 1.81 bits per heavy atom. The lowest BCUT2D eigenvalue weighted by Gasteiger charge is -2.06. The minimum Gasteiger partial charge on any atom is -0.355 e. The van der Waals surface area contributed by atoms with Crippen molar-refractivity contribution >= 4 is 23.2 Å². The van der Waals surface area contributed by atoms with Crippen LogP contribution in [-0.4, -0.2) is 24.9 Å². The molecule has 4 nitrogen and oxygen atoms in total. The molecule has 0 saturated heterocycles. The highest BCUT2D eigenvalue weighted by Crippen LogP contribution is 2.07. The van der Waals surface area contributed by atoms with Crippen LogP contribution in [-0.2, 0) is 11.2 Å². The normalized spacial score (nSPS) is 10.1. The lowest BCUT2D eigenvalue weighted by atomic mass is 10.1. The Hall–Kier alpha value is -2.14. The minimum atomic E-state index is -0.204. The van der Waals surface area contributed by atoms with E-state index in [4.69, 9.17) is 0 Å². The lowest BCUT2D eigenvalue weighted by Crippen LogP contribution is -2.37. The number of hydrogen-bond donors (Lipinski definition) is 2. The molecule has 21 heavy (non-hydrogen) atoms. The standard InChI is InChI=1S/C16H18N2O2S/c19-15(12-18-16(20)14-9-5-11-21-14)17-10-4-8-13-6-2-1-3-7-13/h1-3,5-7,9,11H,4,8,10,12H2,(H,17,19)(H,18,20). The predicted octanol–water partition coefficient (Wildman–Crippen LogP) is 2.23. The summed E-state index contributed by atoms with van der Waals surface area (Å²) in [4.78, 5) is 23.9. The summed E-state index contributed by atoms with van der Waals surface area (Å²) < 4.78 is 0. The van der Waals surface area contributed by atoms with E-state index in [1.807, 2.05) is 29.6 Å². The third-order valence-corrected chi connectivity index (χ3v) is 3.83. The van der Waals surface area contributed by atoms with E-state index in [9.17, 15) is 9.59 Å². The molecule has 110 valence electrons. The first-order chi connectivity index (χ1) is 10.3. The quantitative estimate of drug-likeness (QED) is 0.771. The van der Waals surface area contributed by atoms with Gasteiger partial charge in [-0.15, -0.1) is 11.3 Å². The molecule has 2 aromatic rings. The summed E-state index contributed by atoms with van der Waals surface area (Å²) in [5.41, 5.74) is 1.26. The van der Waals surface area contributed by atoms with Crippen molar-refractivity contribution in [3.63, 3.8) is 0 Å². The number of rotatable bonds is 7. The minimum absolute atomic E-state index is 0.0159. The van der Waals surface area contributed by atoms with Crippen LogP contribution in [0, 0.1) is 0 Å². The summed E-state index contributed by atoms with van der Waals surface area (Å²) in [5.74, 6) is -0.364. The molecular weight excluding hydrogens is 284 g/mol. The molecule has 1 heterocycles. The van der Waals surface area contributed by atoms with E-state index < -0.39 is 0 Å². The first kappa shape index (κ1) is 15.3. The summed E-state index contributed by atoms with van der Waals surface area (Å²) in [6, 6.07) is 13.7. The largest absolute Gasteiger partial charge is 0.355 e. The van der Waals surface area contributed by atoms with Gasteiger partial charge in [0.2, 0.25) is 5.91 Å². The monoisotopic (exact) mass is 302 g/mol. The van der Waals surface area contributed by atoms with Gasteiger partial charge in [0, 0.05) is 6.54 Å². The van der Waals surface area contributed by atoms with E-state index in [1.54, 1.807) is 6.07 Å². The van der Waals surface area contributed by atoms with E-state index in [0.29, 0.717) is 11.4 Å². The maximum Gasteiger partial charge on any atom is 0.261 e. The molecule has 0 bridgehead atoms. The van der Waals surface area contributed by atoms with Gasteiger partial charge in [0.1, 0.15) is 0 Å². The smallest absolute Gasteiger partial charge is 0.261 e. The van der Waals surface area contributed by atoms with Crippen LogP contribution in [0.5, 0.6) is 0 Å². The van der Waals surface area contributed by atoms with Crippen LogP contribution in [0.1, 0.15) is 21.7 Å². The topological polar surface area (TPSA) is 58.2 Å². The molecule has 0 aliphatic rings. The van der Waals surface area contributed by atoms with Gasteiger partial charge in [-0.05, 0) is 29.9 Å². The maximum atomic E-state index is 11.6. The number of nitrogens with one attached hydrogen (secondary N) is 2. The average Bonchev–Trinajstić information content (AvgIpc) is 3.05. The first-order valence-corrected chi connectivity index (χ1v) is 7.76. The third kappa shape index (κ3) is 5.39. The number of carbonyl (C=O) groups excluding carboxylic acids is 2. The Morgan fingerprint density at radius 1 is 1.00 bits per heavy atom. The first-order valence-electron chi connectivity index (χ1n) is 6.88. The van der Waals surface area contributed by atoms with Crippen molar-refractivity contribution in [3.05, 3.63) is 58.3 Å². The van der Waals surface area contributed by atoms with Gasteiger partial charge in [-0.3, -0.25) is 9.59 Å². The SMILES string of the molecule is O=C(CNC(=O)c1cccs1)NCCCc1ccccc1. The third-order valence-electron chi connectivity index (χ3n) is 2.96. The molecule has 2 amide bonds. The highest BCUT2D eigenvalue weighted by Gasteiger charge is 2.08. The van der Waals surface area contributed by atoms with E-state index in [0.717, 1.165) is 12.8 Å². The molecule has 1 aromatic heterocycles. The number of benzene rings is 1. The molecular formula is C16H18N2O2S. The number of hydrogen-bond acceptors (Lipinski definition) is 3. The van der Waals surface area contributed by atoms with Crippen LogP contribution >= 0.6 is 11.3 Å². The molecule has 5 heteroatoms. The number of aryl methyl sites for hydroxylation is 1. The van der Waals surface area contributed by atoms with Crippen LogP contribution < -0.4 is 10.6 Å². The molecule has 0 radical (unpaired) electrons. The van der Waals surface area contributed by atoms with E-state index in [2.05, 4.69) is 22.8 Å². The van der Waals surface area contributed by atoms with Crippen molar-refractivity contribution in [1.29, 1.82) is 0 Å². The van der Waals surface area contributed by atoms with Crippen LogP contribution in [0.2, 0.25) is 0 Å². The lowest BCUT2D eigenvalue weighted by molar-refractivity contribution is -0.120. The van der Waals surface area contributed by atoms with Crippen LogP contribution in [0.3, 0.4) is 0 Å². The van der Waals surface area contributed by atoms with Crippen molar-refractivity contribution in [2.45, 2.75) is 12.8 Å². The number of thiophene rings is 1. The zero-order chi connectivity index (χ0) is 14.9. The zero-order valence-electron chi connectivity index (χ0n) is 11.7. The molecule has 0 fully saturated rings. The summed E-state index contributed by atoms with van der Waals surface area (Å²) >= 11 is 1.36. The Labute approximate surface area is 128 Å². The molecule has 0 aliphatic carbocycles. The maximum absolute atomic E-state index is 11.6. The highest BCUT2D eigenvalue weighted by molar-refractivity contribution is 7.12. The van der Waals surface area contributed by atoms with Crippen molar-refractivity contribution in [1.82, 2.24) is 10.6 Å². The van der Waals surface area contributed by atoms with Gasteiger partial charge in [0.25, 0.3) is 5.91 Å². The molecule has 0 saturated carbocycles. The highest BCUT2D eigenvalue weighted by atomic mass is 32.1. The molecule has 0 unspecified atom stereocenters. The van der Waals surface area contributed by atoms with Gasteiger partial charge < -0.3 is 10.6 Å². The van der Waals surface area contributed by atoms with Crippen LogP contribution in [0.15, 0.2) is 47.8 Å². The van der Waals surface area contributed by atoms with Crippen molar-refractivity contribution in [3.8, 4) is 0 Å². The summed E-state index contributed by atoms with van der Waals surface area (Å²) in [6.45, 7) is 0.630. The van der Waals surface area contributed by atoms with Crippen LogP contribution in [0.25, 0.3) is 0 Å². The second-order valence-corrected chi connectivity index (χ2v) is 5.55. The fourth-order valence-electron chi connectivity index (χ4n) is 1.88. The second kappa shape index (κ2) is 8.21. The molecule has 2 N–H and O–H groups in total. The summed E-state index contributed by atoms with van der Waals surface area (Å²) in [7, 11) is 0.